The van der Waals surface area contributed by atoms with Crippen LogP contribution < -0.4 is 9.46 Å². The average molecular weight is 328 g/mol. The van der Waals surface area contributed by atoms with E-state index in [9.17, 15) is 8.42 Å². The Morgan fingerprint density at radius 2 is 2.29 bits per heavy atom. The molecular weight excluding hydrogens is 318 g/mol. The number of nitrogens with one attached hydrogen (secondary N) is 2. The van der Waals surface area contributed by atoms with Crippen LogP contribution in [0.1, 0.15) is 12.5 Å². The molecule has 8 nitrogen and oxygen atoms in total. The minimum Gasteiger partial charge on any atom is -0.463 e. The zero-order chi connectivity index (χ0) is 15.5. The Hall–Kier alpha value is -2.31. The van der Waals surface area contributed by atoms with Gasteiger partial charge in [-0.15, -0.1) is 5.10 Å². The summed E-state index contributed by atoms with van der Waals surface area (Å²) in [5.74, 6) is -0.123. The number of anilines is 1. The lowest BCUT2D eigenvalue weighted by Crippen LogP contribution is -2.15. The van der Waals surface area contributed by atoms with Crippen molar-refractivity contribution in [2.75, 3.05) is 11.3 Å². The van der Waals surface area contributed by atoms with Crippen LogP contribution in [0.2, 0.25) is 5.02 Å². The van der Waals surface area contributed by atoms with Gasteiger partial charge >= 0.3 is 6.01 Å². The molecule has 1 aromatic carbocycles. The van der Waals surface area contributed by atoms with Crippen molar-refractivity contribution in [1.29, 1.82) is 5.26 Å². The first-order valence-corrected chi connectivity index (χ1v) is 7.60. The molecule has 0 aliphatic carbocycles. The zero-order valence-corrected chi connectivity index (χ0v) is 12.4. The SMILES string of the molecule is CCOc1n[nH]c(NS(=O)(=O)c2cc(Cl)ccc2C#N)n1. The number of sulfonamides is 1. The molecule has 0 amide bonds. The number of halogens is 1. The van der Waals surface area contributed by atoms with Gasteiger partial charge in [-0.1, -0.05) is 11.6 Å². The van der Waals surface area contributed by atoms with E-state index in [0.717, 1.165) is 0 Å². The van der Waals surface area contributed by atoms with Gasteiger partial charge in [0.1, 0.15) is 11.0 Å². The molecule has 1 heterocycles. The van der Waals surface area contributed by atoms with E-state index in [1.165, 1.54) is 18.2 Å². The Labute approximate surface area is 125 Å². The maximum atomic E-state index is 12.3. The molecule has 0 aliphatic rings. The van der Waals surface area contributed by atoms with Gasteiger partial charge in [-0.3, -0.25) is 0 Å². The van der Waals surface area contributed by atoms with Gasteiger partial charge in [-0.2, -0.15) is 10.2 Å². The number of hydrogen-bond donors (Lipinski definition) is 2. The molecule has 0 atom stereocenters. The number of H-pyrrole nitrogens is 1. The number of benzene rings is 1. The van der Waals surface area contributed by atoms with Crippen LogP contribution in [0.5, 0.6) is 6.01 Å². The van der Waals surface area contributed by atoms with Gasteiger partial charge in [-0.05, 0) is 25.1 Å². The third-order valence-electron chi connectivity index (χ3n) is 2.32. The summed E-state index contributed by atoms with van der Waals surface area (Å²) >= 11 is 5.77. The van der Waals surface area contributed by atoms with Gasteiger partial charge in [0, 0.05) is 5.02 Å². The van der Waals surface area contributed by atoms with Crippen molar-refractivity contribution in [2.24, 2.45) is 0 Å². The minimum absolute atomic E-state index is 0.0156. The van der Waals surface area contributed by atoms with Crippen LogP contribution in [0, 0.1) is 11.3 Å². The number of hydrogen-bond acceptors (Lipinski definition) is 6. The van der Waals surface area contributed by atoms with Gasteiger partial charge < -0.3 is 4.74 Å². The van der Waals surface area contributed by atoms with Crippen molar-refractivity contribution in [2.45, 2.75) is 11.8 Å². The van der Waals surface area contributed by atoms with Gasteiger partial charge in [0.15, 0.2) is 0 Å². The lowest BCUT2D eigenvalue weighted by molar-refractivity contribution is 0.314. The second-order valence-corrected chi connectivity index (χ2v) is 5.84. The van der Waals surface area contributed by atoms with Crippen molar-refractivity contribution in [3.8, 4) is 12.1 Å². The van der Waals surface area contributed by atoms with E-state index < -0.39 is 10.0 Å². The fourth-order valence-corrected chi connectivity index (χ4v) is 2.86. The predicted molar refractivity (Wildman–Crippen MR) is 74.5 cm³/mol. The highest BCUT2D eigenvalue weighted by Crippen LogP contribution is 2.22. The summed E-state index contributed by atoms with van der Waals surface area (Å²) in [7, 11) is -4.03. The van der Waals surface area contributed by atoms with Crippen LogP contribution in [-0.2, 0) is 10.0 Å². The number of nitriles is 1. The summed E-state index contributed by atoms with van der Waals surface area (Å²) in [5, 5.41) is 15.2. The van der Waals surface area contributed by atoms with Crippen LogP contribution in [-0.4, -0.2) is 30.2 Å². The molecule has 0 saturated carbocycles. The molecule has 21 heavy (non-hydrogen) atoms. The summed E-state index contributed by atoms with van der Waals surface area (Å²) in [6.07, 6.45) is 0. The van der Waals surface area contributed by atoms with Gasteiger partial charge in [0.05, 0.1) is 12.2 Å². The van der Waals surface area contributed by atoms with Crippen molar-refractivity contribution in [3.05, 3.63) is 28.8 Å². The number of rotatable bonds is 5. The number of aromatic nitrogens is 3. The van der Waals surface area contributed by atoms with E-state index in [4.69, 9.17) is 21.6 Å². The van der Waals surface area contributed by atoms with Crippen LogP contribution in [0.4, 0.5) is 5.95 Å². The summed E-state index contributed by atoms with van der Waals surface area (Å²) in [6, 6.07) is 5.74. The fourth-order valence-electron chi connectivity index (χ4n) is 1.48. The van der Waals surface area contributed by atoms with Crippen molar-refractivity contribution in [3.63, 3.8) is 0 Å². The molecule has 2 N–H and O–H groups in total. The lowest BCUT2D eigenvalue weighted by Gasteiger charge is -2.06. The van der Waals surface area contributed by atoms with Crippen molar-refractivity contribution in [1.82, 2.24) is 15.2 Å². The van der Waals surface area contributed by atoms with Crippen LogP contribution in [0.15, 0.2) is 23.1 Å². The maximum absolute atomic E-state index is 12.3. The summed E-state index contributed by atoms with van der Waals surface area (Å²) in [4.78, 5) is 3.55. The Morgan fingerprint density at radius 3 is 2.95 bits per heavy atom. The van der Waals surface area contributed by atoms with E-state index in [0.29, 0.717) is 6.61 Å². The molecule has 0 saturated heterocycles. The highest BCUT2D eigenvalue weighted by atomic mass is 35.5. The largest absolute Gasteiger partial charge is 0.463 e. The Morgan fingerprint density at radius 1 is 1.52 bits per heavy atom. The Kier molecular flexibility index (Phi) is 4.30. The standard InChI is InChI=1S/C11H10ClN5O3S/c1-2-20-11-14-10(15-16-11)17-21(18,19)9-5-8(12)4-3-7(9)6-13/h3-5H,2H2,1H3,(H2,14,15,16,17). The van der Waals surface area contributed by atoms with E-state index in [1.54, 1.807) is 13.0 Å². The number of aromatic amines is 1. The first-order valence-electron chi connectivity index (χ1n) is 5.74. The minimum atomic E-state index is -4.03. The lowest BCUT2D eigenvalue weighted by atomic mass is 10.2. The molecule has 0 radical (unpaired) electrons. The zero-order valence-electron chi connectivity index (χ0n) is 10.8. The molecule has 110 valence electrons. The van der Waals surface area contributed by atoms with Crippen LogP contribution >= 0.6 is 11.6 Å². The highest BCUT2D eigenvalue weighted by Gasteiger charge is 2.21. The second kappa shape index (κ2) is 5.99. The second-order valence-electron chi connectivity index (χ2n) is 3.76. The van der Waals surface area contributed by atoms with Gasteiger partial charge in [-0.25, -0.2) is 18.2 Å². The first-order chi connectivity index (χ1) is 9.96. The molecule has 1 aromatic heterocycles. The molecule has 0 unspecified atom stereocenters. The van der Waals surface area contributed by atoms with Gasteiger partial charge in [0.25, 0.3) is 10.0 Å². The summed E-state index contributed by atoms with van der Waals surface area (Å²) in [5.41, 5.74) is -0.0311. The maximum Gasteiger partial charge on any atom is 0.337 e. The predicted octanol–water partition coefficient (Wildman–Crippen LogP) is 1.53. The topological polar surface area (TPSA) is 121 Å². The van der Waals surface area contributed by atoms with E-state index in [2.05, 4.69) is 19.9 Å². The van der Waals surface area contributed by atoms with E-state index in [-0.39, 0.29) is 27.4 Å². The molecular formula is C11H10ClN5O3S. The van der Waals surface area contributed by atoms with Crippen LogP contribution in [0.3, 0.4) is 0 Å². The van der Waals surface area contributed by atoms with Crippen molar-refractivity contribution < 1.29 is 13.2 Å². The molecule has 2 rings (SSSR count). The normalized spacial score (nSPS) is 10.9. The smallest absolute Gasteiger partial charge is 0.337 e. The summed E-state index contributed by atoms with van der Waals surface area (Å²) < 4.78 is 31.7. The molecule has 10 heteroatoms. The monoisotopic (exact) mass is 327 g/mol. The third kappa shape index (κ3) is 3.42. The quantitative estimate of drug-likeness (QED) is 0.859. The molecule has 0 spiro atoms. The van der Waals surface area contributed by atoms with E-state index >= 15 is 0 Å². The third-order valence-corrected chi connectivity index (χ3v) is 3.94. The average Bonchev–Trinajstić information content (AvgIpc) is 2.86. The Bertz CT molecular complexity index is 796. The Balaban J connectivity index is 2.34. The number of nitrogens with zero attached hydrogens (tertiary/aromatic N) is 3. The summed E-state index contributed by atoms with van der Waals surface area (Å²) in [6.45, 7) is 2.09. The van der Waals surface area contributed by atoms with Crippen molar-refractivity contribution >= 4 is 27.6 Å². The molecule has 2 aromatic rings. The number of ether oxygens (including phenoxy) is 1. The molecule has 0 fully saturated rings. The van der Waals surface area contributed by atoms with E-state index in [1.807, 2.05) is 0 Å². The molecule has 0 aliphatic heterocycles. The molecule has 0 bridgehead atoms. The van der Waals surface area contributed by atoms with Gasteiger partial charge in [0.2, 0.25) is 5.95 Å². The first kappa shape index (κ1) is 15.1. The van der Waals surface area contributed by atoms with Crippen LogP contribution in [0.25, 0.3) is 0 Å². The highest BCUT2D eigenvalue weighted by molar-refractivity contribution is 7.92. The fraction of sp³-hybridized carbons (Fsp3) is 0.182.